The van der Waals surface area contributed by atoms with Crippen molar-refractivity contribution in [3.05, 3.63) is 29.6 Å². The molecule has 7 heteroatoms. The lowest BCUT2D eigenvalue weighted by molar-refractivity contribution is 0.115. The number of nitrogens with two attached hydrogens (primary N) is 1. The molecule has 0 unspecified atom stereocenters. The number of aromatic amines is 1. The lowest BCUT2D eigenvalue weighted by Crippen LogP contribution is -2.50. The summed E-state index contributed by atoms with van der Waals surface area (Å²) in [5, 5.41) is 18.4. The number of rotatable bonds is 2. The van der Waals surface area contributed by atoms with Crippen molar-refractivity contribution in [3.8, 4) is 0 Å². The van der Waals surface area contributed by atoms with E-state index in [0.29, 0.717) is 31.8 Å². The predicted molar refractivity (Wildman–Crippen MR) is 76.7 cm³/mol. The van der Waals surface area contributed by atoms with Crippen LogP contribution in [-0.4, -0.2) is 44.3 Å². The van der Waals surface area contributed by atoms with Crippen molar-refractivity contribution in [1.82, 2.24) is 14.9 Å². The van der Waals surface area contributed by atoms with Gasteiger partial charge in [0.05, 0.1) is 23.2 Å². The van der Waals surface area contributed by atoms with Crippen LogP contribution in [0.3, 0.4) is 0 Å². The third-order valence-corrected chi connectivity index (χ3v) is 4.16. The number of amides is 1. The van der Waals surface area contributed by atoms with E-state index >= 15 is 0 Å². The van der Waals surface area contributed by atoms with Gasteiger partial charge in [0.25, 0.3) is 0 Å². The predicted octanol–water partition coefficient (Wildman–Crippen LogP) is 0.983. The number of nitrogens with one attached hydrogen (secondary N) is 1. The normalized spacial score (nSPS) is 18.1. The average Bonchev–Trinajstić information content (AvgIpc) is 2.92. The minimum Gasteiger partial charge on any atom is -0.465 e. The SMILES string of the molecule is NC1(c2nc3c(CO)cccc3[nH]2)CCN(C(=O)O)CC1. The molecule has 1 fully saturated rings. The number of piperidine rings is 1. The van der Waals surface area contributed by atoms with Crippen molar-refractivity contribution < 1.29 is 15.0 Å². The largest absolute Gasteiger partial charge is 0.465 e. The summed E-state index contributed by atoms with van der Waals surface area (Å²) in [6.45, 7) is 0.720. The number of nitrogens with zero attached hydrogens (tertiary/aromatic N) is 2. The highest BCUT2D eigenvalue weighted by atomic mass is 16.4. The molecular formula is C14H18N4O3. The van der Waals surface area contributed by atoms with Crippen LogP contribution in [0.1, 0.15) is 24.2 Å². The van der Waals surface area contributed by atoms with Crippen molar-refractivity contribution in [1.29, 1.82) is 0 Å². The van der Waals surface area contributed by atoms with Gasteiger partial charge in [-0.05, 0) is 18.9 Å². The van der Waals surface area contributed by atoms with E-state index in [-0.39, 0.29) is 6.61 Å². The average molecular weight is 290 g/mol. The Morgan fingerprint density at radius 2 is 2.14 bits per heavy atom. The van der Waals surface area contributed by atoms with E-state index in [2.05, 4.69) is 9.97 Å². The van der Waals surface area contributed by atoms with Crippen LogP contribution in [0.2, 0.25) is 0 Å². The quantitative estimate of drug-likeness (QED) is 0.658. The molecule has 0 atom stereocenters. The maximum Gasteiger partial charge on any atom is 0.407 e. The molecule has 5 N–H and O–H groups in total. The zero-order valence-corrected chi connectivity index (χ0v) is 11.5. The van der Waals surface area contributed by atoms with E-state index in [4.69, 9.17) is 10.8 Å². The Balaban J connectivity index is 1.92. The number of imidazole rings is 1. The van der Waals surface area contributed by atoms with Gasteiger partial charge in [0.2, 0.25) is 0 Å². The third-order valence-electron chi connectivity index (χ3n) is 4.16. The van der Waals surface area contributed by atoms with E-state index in [1.54, 1.807) is 0 Å². The maximum absolute atomic E-state index is 11.0. The fourth-order valence-corrected chi connectivity index (χ4v) is 2.79. The zero-order chi connectivity index (χ0) is 15.0. The number of fused-ring (bicyclic) bond motifs is 1. The lowest BCUT2D eigenvalue weighted by atomic mass is 9.88. The summed E-state index contributed by atoms with van der Waals surface area (Å²) in [5.74, 6) is 0.656. The molecule has 21 heavy (non-hydrogen) atoms. The maximum atomic E-state index is 11.0. The fraction of sp³-hybridized carbons (Fsp3) is 0.429. The number of likely N-dealkylation sites (tertiary alicyclic amines) is 1. The van der Waals surface area contributed by atoms with E-state index in [0.717, 1.165) is 16.6 Å². The summed E-state index contributed by atoms with van der Waals surface area (Å²) >= 11 is 0. The van der Waals surface area contributed by atoms with E-state index in [1.807, 2.05) is 18.2 Å². The summed E-state index contributed by atoms with van der Waals surface area (Å²) in [6.07, 6.45) is 0.130. The van der Waals surface area contributed by atoms with E-state index < -0.39 is 11.6 Å². The Labute approximate surface area is 121 Å². The van der Waals surface area contributed by atoms with Gasteiger partial charge in [0, 0.05) is 18.7 Å². The highest BCUT2D eigenvalue weighted by molar-refractivity contribution is 5.79. The summed E-state index contributed by atoms with van der Waals surface area (Å²) < 4.78 is 0. The Hall–Kier alpha value is -2.12. The van der Waals surface area contributed by atoms with Crippen molar-refractivity contribution in [3.63, 3.8) is 0 Å². The van der Waals surface area contributed by atoms with Crippen LogP contribution in [0.4, 0.5) is 4.79 Å². The van der Waals surface area contributed by atoms with Gasteiger partial charge < -0.3 is 25.8 Å². The Morgan fingerprint density at radius 3 is 2.76 bits per heavy atom. The number of hydrogen-bond acceptors (Lipinski definition) is 4. The van der Waals surface area contributed by atoms with Gasteiger partial charge in [-0.3, -0.25) is 0 Å². The van der Waals surface area contributed by atoms with Gasteiger partial charge in [-0.15, -0.1) is 0 Å². The Morgan fingerprint density at radius 1 is 1.43 bits per heavy atom. The van der Waals surface area contributed by atoms with Crippen LogP contribution in [0, 0.1) is 0 Å². The van der Waals surface area contributed by atoms with Gasteiger partial charge in [0.1, 0.15) is 5.82 Å². The molecule has 0 spiro atoms. The van der Waals surface area contributed by atoms with Crippen molar-refractivity contribution >= 4 is 17.1 Å². The molecule has 2 aromatic rings. The van der Waals surface area contributed by atoms with Gasteiger partial charge >= 0.3 is 6.09 Å². The molecule has 1 aromatic carbocycles. The number of aliphatic hydroxyl groups excluding tert-OH is 1. The van der Waals surface area contributed by atoms with Crippen LogP contribution in [-0.2, 0) is 12.1 Å². The second-order valence-corrected chi connectivity index (χ2v) is 5.48. The first-order valence-corrected chi connectivity index (χ1v) is 6.89. The Bertz CT molecular complexity index is 674. The minimum absolute atomic E-state index is 0.0774. The summed E-state index contributed by atoms with van der Waals surface area (Å²) in [6, 6.07) is 5.57. The van der Waals surface area contributed by atoms with E-state index in [9.17, 15) is 9.90 Å². The van der Waals surface area contributed by atoms with Crippen LogP contribution < -0.4 is 5.73 Å². The number of aromatic nitrogens is 2. The van der Waals surface area contributed by atoms with Gasteiger partial charge in [-0.1, -0.05) is 12.1 Å². The molecule has 1 aliphatic rings. The molecule has 0 radical (unpaired) electrons. The Kier molecular flexibility index (Phi) is 3.30. The molecule has 0 bridgehead atoms. The molecule has 1 aliphatic heterocycles. The lowest BCUT2D eigenvalue weighted by Gasteiger charge is -2.36. The van der Waals surface area contributed by atoms with Crippen LogP contribution in [0.5, 0.6) is 0 Å². The fourth-order valence-electron chi connectivity index (χ4n) is 2.79. The smallest absolute Gasteiger partial charge is 0.407 e. The second kappa shape index (κ2) is 5.01. The topological polar surface area (TPSA) is 115 Å². The highest BCUT2D eigenvalue weighted by Crippen LogP contribution is 2.30. The summed E-state index contributed by atoms with van der Waals surface area (Å²) in [5.41, 5.74) is 8.08. The van der Waals surface area contributed by atoms with Crippen LogP contribution in [0.25, 0.3) is 11.0 Å². The van der Waals surface area contributed by atoms with Gasteiger partial charge in [0.15, 0.2) is 0 Å². The van der Waals surface area contributed by atoms with Crippen LogP contribution in [0.15, 0.2) is 18.2 Å². The van der Waals surface area contributed by atoms with Crippen LogP contribution >= 0.6 is 0 Å². The minimum atomic E-state index is -0.913. The molecule has 1 amide bonds. The van der Waals surface area contributed by atoms with E-state index in [1.165, 1.54) is 4.90 Å². The number of aliphatic hydroxyl groups is 1. The number of carbonyl (C=O) groups is 1. The number of benzene rings is 1. The van der Waals surface area contributed by atoms with Gasteiger partial charge in [-0.2, -0.15) is 0 Å². The molecule has 1 saturated heterocycles. The molecule has 112 valence electrons. The monoisotopic (exact) mass is 290 g/mol. The molecular weight excluding hydrogens is 272 g/mol. The number of para-hydroxylation sites is 1. The summed E-state index contributed by atoms with van der Waals surface area (Å²) in [7, 11) is 0. The standard InChI is InChI=1S/C14H18N4O3/c15-14(4-6-18(7-5-14)13(20)21)12-16-10-3-1-2-9(8-19)11(10)17-12/h1-3,19H,4-8,15H2,(H,16,17)(H,20,21). The molecule has 7 nitrogen and oxygen atoms in total. The highest BCUT2D eigenvalue weighted by Gasteiger charge is 2.36. The van der Waals surface area contributed by atoms with Crippen molar-refractivity contribution in [2.75, 3.05) is 13.1 Å². The molecule has 0 aliphatic carbocycles. The second-order valence-electron chi connectivity index (χ2n) is 5.48. The van der Waals surface area contributed by atoms with Gasteiger partial charge in [-0.25, -0.2) is 9.78 Å². The number of H-pyrrole nitrogens is 1. The molecule has 1 aromatic heterocycles. The number of carboxylic acid groups (broad SMARTS) is 1. The van der Waals surface area contributed by atoms with Crippen molar-refractivity contribution in [2.24, 2.45) is 5.73 Å². The molecule has 2 heterocycles. The first-order valence-electron chi connectivity index (χ1n) is 6.89. The molecule has 3 rings (SSSR count). The number of hydrogen-bond donors (Lipinski definition) is 4. The third kappa shape index (κ3) is 2.34. The molecule has 0 saturated carbocycles. The first-order chi connectivity index (χ1) is 10.0. The van der Waals surface area contributed by atoms with Crippen molar-refractivity contribution in [2.45, 2.75) is 25.0 Å². The first kappa shape index (κ1) is 13.8. The summed E-state index contributed by atoms with van der Waals surface area (Å²) in [4.78, 5) is 20.1. The zero-order valence-electron chi connectivity index (χ0n) is 11.5.